The lowest BCUT2D eigenvalue weighted by Gasteiger charge is -2.32. The number of nitrogens with zero attached hydrogens (tertiary/aromatic N) is 3. The Morgan fingerprint density at radius 1 is 1.39 bits per heavy atom. The van der Waals surface area contributed by atoms with Crippen LogP contribution >= 0.6 is 0 Å². The summed E-state index contributed by atoms with van der Waals surface area (Å²) >= 11 is 0. The number of carboxylic acid groups (broad SMARTS) is 1. The lowest BCUT2D eigenvalue weighted by Crippen LogP contribution is -2.40. The van der Waals surface area contributed by atoms with Crippen molar-refractivity contribution >= 4 is 11.9 Å². The second-order valence-corrected chi connectivity index (χ2v) is 7.45. The number of likely N-dealkylation sites (tertiary alicyclic amines) is 1. The zero-order chi connectivity index (χ0) is 17.2. The van der Waals surface area contributed by atoms with Gasteiger partial charge >= 0.3 is 5.97 Å². The summed E-state index contributed by atoms with van der Waals surface area (Å²) < 4.78 is 1.88. The Morgan fingerprint density at radius 3 is 2.65 bits per heavy atom. The first-order chi connectivity index (χ1) is 10.7. The number of piperidine rings is 1. The predicted molar refractivity (Wildman–Crippen MR) is 87.5 cm³/mol. The largest absolute Gasteiger partial charge is 0.481 e. The lowest BCUT2D eigenvalue weighted by molar-refractivity contribution is -0.137. The Balaban J connectivity index is 2.06. The van der Waals surface area contributed by atoms with Gasteiger partial charge in [0, 0.05) is 25.2 Å². The van der Waals surface area contributed by atoms with Gasteiger partial charge in [-0.1, -0.05) is 0 Å². The predicted octanol–water partition coefficient (Wildman–Crippen LogP) is 2.66. The molecule has 1 amide bonds. The summed E-state index contributed by atoms with van der Waals surface area (Å²) in [5.74, 6) is -0.543. The molecule has 0 saturated carbocycles. The molecule has 2 heterocycles. The summed E-state index contributed by atoms with van der Waals surface area (Å²) in [6, 6.07) is 1.84. The molecule has 128 valence electrons. The van der Waals surface area contributed by atoms with E-state index in [0.29, 0.717) is 18.7 Å². The monoisotopic (exact) mass is 321 g/mol. The van der Waals surface area contributed by atoms with Gasteiger partial charge in [0.2, 0.25) is 0 Å². The number of hydrogen-bond acceptors (Lipinski definition) is 3. The van der Waals surface area contributed by atoms with Crippen molar-refractivity contribution in [2.24, 2.45) is 5.92 Å². The maximum Gasteiger partial charge on any atom is 0.303 e. The highest BCUT2D eigenvalue weighted by molar-refractivity contribution is 5.92. The molecule has 1 aliphatic rings. The molecule has 0 radical (unpaired) electrons. The molecule has 1 atom stereocenters. The van der Waals surface area contributed by atoms with Crippen LogP contribution in [0.25, 0.3) is 0 Å². The molecule has 1 aromatic rings. The van der Waals surface area contributed by atoms with Crippen LogP contribution in [0.15, 0.2) is 6.07 Å². The highest BCUT2D eigenvalue weighted by Gasteiger charge is 2.27. The summed E-state index contributed by atoms with van der Waals surface area (Å²) in [7, 11) is 0. The number of aromatic nitrogens is 2. The number of aliphatic carboxylic acids is 1. The first kappa shape index (κ1) is 17.5. The van der Waals surface area contributed by atoms with Gasteiger partial charge in [-0.3, -0.25) is 14.3 Å². The summed E-state index contributed by atoms with van der Waals surface area (Å²) in [5.41, 5.74) is 1.30. The molecule has 1 fully saturated rings. The fourth-order valence-corrected chi connectivity index (χ4v) is 3.23. The van der Waals surface area contributed by atoms with Crippen LogP contribution in [0, 0.1) is 12.8 Å². The Morgan fingerprint density at radius 2 is 2.09 bits per heavy atom. The van der Waals surface area contributed by atoms with Crippen LogP contribution in [0.5, 0.6) is 0 Å². The van der Waals surface area contributed by atoms with Crippen molar-refractivity contribution in [3.8, 4) is 0 Å². The van der Waals surface area contributed by atoms with Gasteiger partial charge in [0.1, 0.15) is 0 Å². The van der Waals surface area contributed by atoms with E-state index < -0.39 is 5.97 Å². The van der Waals surface area contributed by atoms with Crippen LogP contribution < -0.4 is 0 Å². The first-order valence-corrected chi connectivity index (χ1v) is 8.26. The second kappa shape index (κ2) is 6.72. The van der Waals surface area contributed by atoms with Gasteiger partial charge in [0.05, 0.1) is 5.54 Å². The zero-order valence-corrected chi connectivity index (χ0v) is 14.5. The second-order valence-electron chi connectivity index (χ2n) is 7.45. The lowest BCUT2D eigenvalue weighted by atomic mass is 9.93. The molecule has 1 saturated heterocycles. The molecule has 0 aliphatic carbocycles. The summed E-state index contributed by atoms with van der Waals surface area (Å²) in [4.78, 5) is 25.3. The SMILES string of the molecule is Cc1cc(C(=O)N2CCCC(CCC(=O)O)C2)nn1C(C)(C)C. The molecule has 6 heteroatoms. The molecule has 0 bridgehead atoms. The maximum absolute atomic E-state index is 12.7. The fraction of sp³-hybridized carbons (Fsp3) is 0.706. The normalized spacial score (nSPS) is 19.0. The van der Waals surface area contributed by atoms with Crippen LogP contribution in [0.1, 0.15) is 62.6 Å². The van der Waals surface area contributed by atoms with E-state index >= 15 is 0 Å². The summed E-state index contributed by atoms with van der Waals surface area (Å²) in [5, 5.41) is 13.3. The average molecular weight is 321 g/mol. The molecule has 1 aromatic heterocycles. The fourth-order valence-electron chi connectivity index (χ4n) is 3.23. The highest BCUT2D eigenvalue weighted by atomic mass is 16.4. The number of aryl methyl sites for hydroxylation is 1. The molecule has 1 N–H and O–H groups in total. The third-order valence-electron chi connectivity index (χ3n) is 4.31. The van der Waals surface area contributed by atoms with Gasteiger partial charge in [0.15, 0.2) is 5.69 Å². The van der Waals surface area contributed by atoms with Crippen molar-refractivity contribution in [3.05, 3.63) is 17.5 Å². The van der Waals surface area contributed by atoms with E-state index in [1.54, 1.807) is 0 Å². The van der Waals surface area contributed by atoms with Gasteiger partial charge < -0.3 is 10.0 Å². The third-order valence-corrected chi connectivity index (χ3v) is 4.31. The third kappa shape index (κ3) is 4.33. The highest BCUT2D eigenvalue weighted by Crippen LogP contribution is 2.23. The van der Waals surface area contributed by atoms with E-state index in [4.69, 9.17) is 5.11 Å². The van der Waals surface area contributed by atoms with Crippen LogP contribution in [0.2, 0.25) is 0 Å². The van der Waals surface area contributed by atoms with E-state index in [2.05, 4.69) is 25.9 Å². The van der Waals surface area contributed by atoms with Crippen molar-refractivity contribution < 1.29 is 14.7 Å². The summed E-state index contributed by atoms with van der Waals surface area (Å²) in [6.45, 7) is 9.50. The van der Waals surface area contributed by atoms with Crippen molar-refractivity contribution in [1.82, 2.24) is 14.7 Å². The molecule has 1 aliphatic heterocycles. The van der Waals surface area contributed by atoms with Gasteiger partial charge in [-0.25, -0.2) is 0 Å². The zero-order valence-electron chi connectivity index (χ0n) is 14.5. The van der Waals surface area contributed by atoms with E-state index in [1.807, 2.05) is 22.6 Å². The van der Waals surface area contributed by atoms with Crippen molar-refractivity contribution in [1.29, 1.82) is 0 Å². The number of carboxylic acids is 1. The minimum absolute atomic E-state index is 0.0453. The molecule has 6 nitrogen and oxygen atoms in total. The molecule has 0 spiro atoms. The summed E-state index contributed by atoms with van der Waals surface area (Å²) in [6.07, 6.45) is 2.72. The smallest absolute Gasteiger partial charge is 0.303 e. The molecule has 0 aromatic carbocycles. The quantitative estimate of drug-likeness (QED) is 0.925. The van der Waals surface area contributed by atoms with Gasteiger partial charge in [0.25, 0.3) is 5.91 Å². The van der Waals surface area contributed by atoms with Gasteiger partial charge in [-0.15, -0.1) is 0 Å². The van der Waals surface area contributed by atoms with Crippen LogP contribution in [0.3, 0.4) is 0 Å². The van der Waals surface area contributed by atoms with Crippen molar-refractivity contribution in [2.75, 3.05) is 13.1 Å². The molecular weight excluding hydrogens is 294 g/mol. The molecule has 23 heavy (non-hydrogen) atoms. The minimum atomic E-state index is -0.770. The van der Waals surface area contributed by atoms with Crippen LogP contribution in [-0.2, 0) is 10.3 Å². The van der Waals surface area contributed by atoms with Crippen molar-refractivity contribution in [2.45, 2.75) is 58.9 Å². The topological polar surface area (TPSA) is 75.4 Å². The van der Waals surface area contributed by atoms with E-state index in [1.165, 1.54) is 0 Å². The Hall–Kier alpha value is -1.85. The Bertz CT molecular complexity index is 586. The number of carbonyl (C=O) groups is 2. The number of hydrogen-bond donors (Lipinski definition) is 1. The van der Waals surface area contributed by atoms with Gasteiger partial charge in [-0.2, -0.15) is 5.10 Å². The maximum atomic E-state index is 12.7. The number of carbonyl (C=O) groups excluding carboxylic acids is 1. The molecular formula is C17H27N3O3. The van der Waals surface area contributed by atoms with E-state index in [0.717, 1.165) is 25.1 Å². The minimum Gasteiger partial charge on any atom is -0.481 e. The molecule has 2 rings (SSSR count). The average Bonchev–Trinajstić information content (AvgIpc) is 2.86. The first-order valence-electron chi connectivity index (χ1n) is 8.26. The standard InChI is InChI=1S/C17H27N3O3/c1-12-10-14(18-20(12)17(2,3)4)16(23)19-9-5-6-13(11-19)7-8-15(21)22/h10,13H,5-9,11H2,1-4H3,(H,21,22). The van der Waals surface area contributed by atoms with Gasteiger partial charge in [-0.05, 0) is 58.9 Å². The number of rotatable bonds is 4. The van der Waals surface area contributed by atoms with Crippen LogP contribution in [-0.4, -0.2) is 44.8 Å². The van der Waals surface area contributed by atoms with E-state index in [-0.39, 0.29) is 23.8 Å². The molecule has 1 unspecified atom stereocenters. The number of amides is 1. The van der Waals surface area contributed by atoms with Crippen molar-refractivity contribution in [3.63, 3.8) is 0 Å². The Kier molecular flexibility index (Phi) is 5.12. The Labute approximate surface area is 137 Å². The van der Waals surface area contributed by atoms with Crippen LogP contribution in [0.4, 0.5) is 0 Å². The van der Waals surface area contributed by atoms with E-state index in [9.17, 15) is 9.59 Å².